The quantitative estimate of drug-likeness (QED) is 0.452. The molecule has 2 heterocycles. The molecule has 0 unspecified atom stereocenters. The summed E-state index contributed by atoms with van der Waals surface area (Å²) in [6, 6.07) is 4.36. The van der Waals surface area contributed by atoms with Crippen LogP contribution in [0.3, 0.4) is 0 Å². The fraction of sp³-hybridized carbons (Fsp3) is 0.333. The van der Waals surface area contributed by atoms with E-state index < -0.39 is 11.9 Å². The second-order valence-corrected chi connectivity index (χ2v) is 7.94. The van der Waals surface area contributed by atoms with E-state index in [2.05, 4.69) is 30.4 Å². The Labute approximate surface area is 190 Å². The fourth-order valence-electron chi connectivity index (χ4n) is 2.97. The first-order valence-electron chi connectivity index (χ1n) is 9.95. The number of carbonyl (C=O) groups is 1. The Kier molecular flexibility index (Phi) is 7.14. The molecule has 1 aromatic carbocycles. The van der Waals surface area contributed by atoms with Crippen LogP contribution in [-0.4, -0.2) is 45.5 Å². The van der Waals surface area contributed by atoms with Crippen molar-refractivity contribution < 1.29 is 13.9 Å². The van der Waals surface area contributed by atoms with Crippen LogP contribution in [0.2, 0.25) is 5.02 Å². The molecule has 2 aromatic heterocycles. The third-order valence-electron chi connectivity index (χ3n) is 4.63. The molecule has 0 aliphatic rings. The highest BCUT2D eigenvalue weighted by molar-refractivity contribution is 6.31. The van der Waals surface area contributed by atoms with Crippen molar-refractivity contribution in [2.75, 3.05) is 24.7 Å². The van der Waals surface area contributed by atoms with Crippen LogP contribution in [0.1, 0.15) is 26.8 Å². The number of ether oxygens (including phenoxy) is 1. The highest BCUT2D eigenvalue weighted by Gasteiger charge is 2.21. The Morgan fingerprint density at radius 1 is 1.31 bits per heavy atom. The van der Waals surface area contributed by atoms with E-state index >= 15 is 0 Å². The summed E-state index contributed by atoms with van der Waals surface area (Å²) in [5, 5.41) is 10.6. The van der Waals surface area contributed by atoms with E-state index in [1.807, 2.05) is 20.8 Å². The van der Waals surface area contributed by atoms with Gasteiger partial charge in [-0.2, -0.15) is 5.10 Å². The van der Waals surface area contributed by atoms with Crippen LogP contribution in [0.15, 0.2) is 30.6 Å². The van der Waals surface area contributed by atoms with Gasteiger partial charge in [-0.3, -0.25) is 4.68 Å². The molecule has 0 radical (unpaired) electrons. The minimum atomic E-state index is -0.597. The van der Waals surface area contributed by atoms with Gasteiger partial charge in [0.25, 0.3) is 0 Å². The maximum Gasteiger partial charge on any atom is 0.407 e. The number of benzene rings is 1. The van der Waals surface area contributed by atoms with Crippen molar-refractivity contribution in [3.8, 4) is 22.5 Å². The molecule has 3 aromatic rings. The Hall–Kier alpha value is -3.40. The molecule has 11 heteroatoms. The standard InChI is InChI=1S/C21H25ClFN7O2/c1-11(2)30-10-15(19(29-30)14-7-13(22)8-16(24)18(14)23)17-5-6-25-20(28-17)26-9-12(3)27-21(31)32-4/h5-8,10-12H,9,24H2,1-4H3,(H,27,31)(H,25,26,28)/t12-/m0/s1. The number of alkyl carbamates (subject to hydrolysis) is 1. The molecule has 170 valence electrons. The zero-order chi connectivity index (χ0) is 23.4. The lowest BCUT2D eigenvalue weighted by molar-refractivity contribution is 0.168. The first kappa shape index (κ1) is 23.3. The predicted molar refractivity (Wildman–Crippen MR) is 122 cm³/mol. The topological polar surface area (TPSA) is 120 Å². The van der Waals surface area contributed by atoms with Gasteiger partial charge in [0.15, 0.2) is 5.82 Å². The molecule has 1 amide bonds. The summed E-state index contributed by atoms with van der Waals surface area (Å²) in [7, 11) is 1.30. The summed E-state index contributed by atoms with van der Waals surface area (Å²) >= 11 is 6.13. The second-order valence-electron chi connectivity index (χ2n) is 7.51. The molecule has 0 bridgehead atoms. The molecule has 9 nitrogen and oxygen atoms in total. The van der Waals surface area contributed by atoms with Gasteiger partial charge in [-0.15, -0.1) is 0 Å². The van der Waals surface area contributed by atoms with Crippen LogP contribution in [0.25, 0.3) is 22.5 Å². The largest absolute Gasteiger partial charge is 0.453 e. The van der Waals surface area contributed by atoms with Crippen LogP contribution in [0, 0.1) is 5.82 Å². The van der Waals surface area contributed by atoms with E-state index in [9.17, 15) is 9.18 Å². The SMILES string of the molecule is COC(=O)N[C@@H](C)CNc1nccc(-c2cn(C(C)C)nc2-c2cc(Cl)cc(N)c2F)n1. The molecule has 1 atom stereocenters. The molecule has 32 heavy (non-hydrogen) atoms. The summed E-state index contributed by atoms with van der Waals surface area (Å²) in [5.74, 6) is -0.255. The summed E-state index contributed by atoms with van der Waals surface area (Å²) in [4.78, 5) is 20.1. The van der Waals surface area contributed by atoms with Crippen LogP contribution >= 0.6 is 11.6 Å². The lowest BCUT2D eigenvalue weighted by atomic mass is 10.0. The smallest absolute Gasteiger partial charge is 0.407 e. The molecule has 0 fully saturated rings. The van der Waals surface area contributed by atoms with Crippen molar-refractivity contribution in [3.05, 3.63) is 41.4 Å². The van der Waals surface area contributed by atoms with Gasteiger partial charge in [0, 0.05) is 47.2 Å². The summed E-state index contributed by atoms with van der Waals surface area (Å²) in [6.07, 6.45) is 2.86. The molecule has 0 saturated carbocycles. The summed E-state index contributed by atoms with van der Waals surface area (Å²) in [5.41, 5.74) is 7.42. The molecule has 0 saturated heterocycles. The van der Waals surface area contributed by atoms with Gasteiger partial charge in [0.2, 0.25) is 5.95 Å². The second kappa shape index (κ2) is 9.82. The number of nitrogens with two attached hydrogens (primary N) is 1. The molecular formula is C21H25ClFN7O2. The van der Waals surface area contributed by atoms with Crippen molar-refractivity contribution in [2.45, 2.75) is 32.9 Å². The third-order valence-corrected chi connectivity index (χ3v) is 4.85. The zero-order valence-electron chi connectivity index (χ0n) is 18.2. The van der Waals surface area contributed by atoms with Gasteiger partial charge >= 0.3 is 6.09 Å². The lowest BCUT2D eigenvalue weighted by Gasteiger charge is -2.14. The van der Waals surface area contributed by atoms with Gasteiger partial charge in [0.05, 0.1) is 18.5 Å². The number of aromatic nitrogens is 4. The molecule has 0 aliphatic carbocycles. The Morgan fingerprint density at radius 2 is 2.06 bits per heavy atom. The Morgan fingerprint density at radius 3 is 2.75 bits per heavy atom. The summed E-state index contributed by atoms with van der Waals surface area (Å²) in [6.45, 7) is 6.11. The number of methoxy groups -OCH3 is 1. The number of amides is 1. The van der Waals surface area contributed by atoms with Gasteiger partial charge < -0.3 is 21.1 Å². The van der Waals surface area contributed by atoms with Crippen LogP contribution in [-0.2, 0) is 4.74 Å². The Balaban J connectivity index is 1.96. The van der Waals surface area contributed by atoms with Crippen molar-refractivity contribution >= 4 is 29.3 Å². The zero-order valence-corrected chi connectivity index (χ0v) is 18.9. The van der Waals surface area contributed by atoms with Crippen molar-refractivity contribution in [2.24, 2.45) is 0 Å². The van der Waals surface area contributed by atoms with Crippen molar-refractivity contribution in [3.63, 3.8) is 0 Å². The maximum absolute atomic E-state index is 14.9. The average Bonchev–Trinajstić information content (AvgIpc) is 3.20. The normalized spacial score (nSPS) is 12.0. The fourth-order valence-corrected chi connectivity index (χ4v) is 3.20. The number of nitrogens with one attached hydrogen (secondary N) is 2. The van der Waals surface area contributed by atoms with E-state index in [1.165, 1.54) is 19.2 Å². The number of halogens is 2. The maximum atomic E-state index is 14.9. The van der Waals surface area contributed by atoms with E-state index in [0.29, 0.717) is 34.5 Å². The highest BCUT2D eigenvalue weighted by Crippen LogP contribution is 2.36. The van der Waals surface area contributed by atoms with Crippen LogP contribution < -0.4 is 16.4 Å². The number of nitrogen functional groups attached to an aromatic ring is 1. The summed E-state index contributed by atoms with van der Waals surface area (Å²) < 4.78 is 21.2. The lowest BCUT2D eigenvalue weighted by Crippen LogP contribution is -2.37. The monoisotopic (exact) mass is 461 g/mol. The number of carbonyl (C=O) groups excluding carboxylic acids is 1. The van der Waals surface area contributed by atoms with Crippen LogP contribution in [0.5, 0.6) is 0 Å². The van der Waals surface area contributed by atoms with Gasteiger partial charge in [-0.05, 0) is 39.0 Å². The third kappa shape index (κ3) is 5.25. The number of rotatable bonds is 7. The molecule has 4 N–H and O–H groups in total. The molecular weight excluding hydrogens is 437 g/mol. The molecule has 0 spiro atoms. The number of anilines is 2. The Bertz CT molecular complexity index is 1120. The van der Waals surface area contributed by atoms with Gasteiger partial charge in [-0.1, -0.05) is 11.6 Å². The van der Waals surface area contributed by atoms with Gasteiger partial charge in [-0.25, -0.2) is 19.2 Å². The van der Waals surface area contributed by atoms with E-state index in [-0.39, 0.29) is 23.3 Å². The number of hydrogen-bond donors (Lipinski definition) is 3. The number of hydrogen-bond acceptors (Lipinski definition) is 7. The van der Waals surface area contributed by atoms with Gasteiger partial charge in [0.1, 0.15) is 5.69 Å². The van der Waals surface area contributed by atoms with E-state index in [0.717, 1.165) is 0 Å². The van der Waals surface area contributed by atoms with E-state index in [4.69, 9.17) is 17.3 Å². The van der Waals surface area contributed by atoms with Crippen molar-refractivity contribution in [1.82, 2.24) is 25.1 Å². The minimum Gasteiger partial charge on any atom is -0.453 e. The highest BCUT2D eigenvalue weighted by atomic mass is 35.5. The predicted octanol–water partition coefficient (Wildman–Crippen LogP) is 4.12. The first-order chi connectivity index (χ1) is 15.2. The van der Waals surface area contributed by atoms with Crippen LogP contribution in [0.4, 0.5) is 20.8 Å². The number of nitrogens with zero attached hydrogens (tertiary/aromatic N) is 4. The van der Waals surface area contributed by atoms with Crippen molar-refractivity contribution in [1.29, 1.82) is 0 Å². The average molecular weight is 462 g/mol. The minimum absolute atomic E-state index is 0.0340. The molecule has 3 rings (SSSR count). The van der Waals surface area contributed by atoms with E-state index in [1.54, 1.807) is 23.1 Å². The first-order valence-corrected chi connectivity index (χ1v) is 10.3. The molecule has 0 aliphatic heterocycles.